The maximum absolute atomic E-state index is 12.4. The number of nitriles is 1. The Morgan fingerprint density at radius 2 is 2.24 bits per heavy atom. The van der Waals surface area contributed by atoms with Crippen LogP contribution in [0, 0.1) is 23.2 Å². The van der Waals surface area contributed by atoms with Crippen LogP contribution in [0.3, 0.4) is 0 Å². The smallest absolute Gasteiger partial charge is 0.228 e. The highest BCUT2D eigenvalue weighted by atomic mass is 16.2. The molecule has 1 atom stereocenters. The van der Waals surface area contributed by atoms with Gasteiger partial charge in [0.25, 0.3) is 0 Å². The zero-order valence-corrected chi connectivity index (χ0v) is 16.6. The number of hydrogen-bond acceptors (Lipinski definition) is 4. The number of nitrogens with one attached hydrogen (secondary N) is 2. The summed E-state index contributed by atoms with van der Waals surface area (Å²) < 4.78 is 0. The number of hydrogen-bond donors (Lipinski definition) is 2. The molecule has 2 aliphatic rings. The molecule has 0 spiro atoms. The van der Waals surface area contributed by atoms with Crippen LogP contribution in [0.4, 0.5) is 5.82 Å². The number of fused-ring (bicyclic) bond motifs is 1. The Labute approximate surface area is 169 Å². The Bertz CT molecular complexity index is 1010. The second-order valence-corrected chi connectivity index (χ2v) is 7.78. The Balaban J connectivity index is 1.64. The summed E-state index contributed by atoms with van der Waals surface area (Å²) in [7, 11) is 0. The van der Waals surface area contributed by atoms with E-state index in [1.54, 1.807) is 0 Å². The van der Waals surface area contributed by atoms with Crippen molar-refractivity contribution >= 4 is 34.2 Å². The third-order valence-corrected chi connectivity index (χ3v) is 5.75. The Hall–Kier alpha value is -3.14. The van der Waals surface area contributed by atoms with Gasteiger partial charge in [-0.3, -0.25) is 9.59 Å². The average Bonchev–Trinajstić information content (AvgIpc) is 3.49. The summed E-state index contributed by atoms with van der Waals surface area (Å²) in [6.45, 7) is 3.30. The minimum atomic E-state index is 0.0270. The van der Waals surface area contributed by atoms with Crippen molar-refractivity contribution in [3.05, 3.63) is 30.0 Å². The zero-order valence-electron chi connectivity index (χ0n) is 16.6. The van der Waals surface area contributed by atoms with Crippen LogP contribution in [0.25, 0.3) is 16.6 Å². The first-order valence-electron chi connectivity index (χ1n) is 10.2. The Morgan fingerprint density at radius 3 is 2.97 bits per heavy atom. The van der Waals surface area contributed by atoms with Crippen molar-refractivity contribution in [2.24, 2.45) is 11.8 Å². The molecule has 150 valence electrons. The van der Waals surface area contributed by atoms with Gasteiger partial charge < -0.3 is 15.2 Å². The minimum absolute atomic E-state index is 0.0270. The van der Waals surface area contributed by atoms with Gasteiger partial charge in [-0.25, -0.2) is 4.98 Å². The van der Waals surface area contributed by atoms with Crippen LogP contribution in [0.15, 0.2) is 24.4 Å². The zero-order chi connectivity index (χ0) is 20.4. The molecule has 2 aromatic heterocycles. The fourth-order valence-electron chi connectivity index (χ4n) is 3.93. The molecule has 0 radical (unpaired) electrons. The van der Waals surface area contributed by atoms with Crippen LogP contribution < -0.4 is 5.32 Å². The van der Waals surface area contributed by atoms with Gasteiger partial charge >= 0.3 is 0 Å². The molecule has 0 aromatic carbocycles. The van der Waals surface area contributed by atoms with E-state index in [1.165, 1.54) is 5.57 Å². The monoisotopic (exact) mass is 391 g/mol. The molecule has 7 nitrogen and oxygen atoms in total. The van der Waals surface area contributed by atoms with Crippen LogP contribution in [0.2, 0.25) is 0 Å². The fraction of sp³-hybridized carbons (Fsp3) is 0.455. The number of carbonyl (C=O) groups excluding carboxylic acids is 2. The highest BCUT2D eigenvalue weighted by molar-refractivity contribution is 5.97. The maximum Gasteiger partial charge on any atom is 0.228 e. The number of carbonyl (C=O) groups is 2. The number of rotatable bonds is 6. The van der Waals surface area contributed by atoms with E-state index in [0.717, 1.165) is 35.9 Å². The van der Waals surface area contributed by atoms with Crippen molar-refractivity contribution in [3.63, 3.8) is 0 Å². The quantitative estimate of drug-likeness (QED) is 0.787. The van der Waals surface area contributed by atoms with Crippen molar-refractivity contribution in [1.82, 2.24) is 14.9 Å². The molecular weight excluding hydrogens is 366 g/mol. The number of H-pyrrole nitrogens is 1. The molecule has 1 aliphatic heterocycles. The topological polar surface area (TPSA) is 102 Å². The molecule has 1 aliphatic carbocycles. The first-order chi connectivity index (χ1) is 14.1. The second-order valence-electron chi connectivity index (χ2n) is 7.78. The summed E-state index contributed by atoms with van der Waals surface area (Å²) in [4.78, 5) is 34.1. The Kier molecular flexibility index (Phi) is 5.34. The average molecular weight is 391 g/mol. The summed E-state index contributed by atoms with van der Waals surface area (Å²) >= 11 is 0. The largest absolute Gasteiger partial charge is 0.346 e. The summed E-state index contributed by atoms with van der Waals surface area (Å²) in [6.07, 6.45) is 7.27. The molecule has 1 unspecified atom stereocenters. The van der Waals surface area contributed by atoms with E-state index in [2.05, 4.69) is 28.3 Å². The fourth-order valence-corrected chi connectivity index (χ4v) is 3.93. The van der Waals surface area contributed by atoms with Crippen molar-refractivity contribution in [2.75, 3.05) is 18.4 Å². The van der Waals surface area contributed by atoms with Gasteiger partial charge in [-0.1, -0.05) is 13.0 Å². The van der Waals surface area contributed by atoms with Crippen LogP contribution >= 0.6 is 0 Å². The van der Waals surface area contributed by atoms with Crippen molar-refractivity contribution < 1.29 is 9.59 Å². The van der Waals surface area contributed by atoms with E-state index >= 15 is 0 Å². The van der Waals surface area contributed by atoms with E-state index in [1.807, 2.05) is 29.3 Å². The number of pyridine rings is 1. The van der Waals surface area contributed by atoms with Gasteiger partial charge in [0.05, 0.1) is 6.07 Å². The maximum atomic E-state index is 12.4. The molecule has 1 saturated carbocycles. The lowest BCUT2D eigenvalue weighted by molar-refractivity contribution is -0.131. The molecule has 0 saturated heterocycles. The third-order valence-electron chi connectivity index (χ3n) is 5.75. The third kappa shape index (κ3) is 4.02. The lowest BCUT2D eigenvalue weighted by Gasteiger charge is -2.33. The predicted molar refractivity (Wildman–Crippen MR) is 111 cm³/mol. The molecule has 4 rings (SSSR count). The molecule has 2 amide bonds. The first kappa shape index (κ1) is 19.2. The molecule has 29 heavy (non-hydrogen) atoms. The number of anilines is 1. The summed E-state index contributed by atoms with van der Waals surface area (Å²) in [5.41, 5.74) is 2.99. The van der Waals surface area contributed by atoms with Gasteiger partial charge in [-0.2, -0.15) is 5.26 Å². The van der Waals surface area contributed by atoms with Gasteiger partial charge in [-0.05, 0) is 42.5 Å². The molecule has 3 heterocycles. The predicted octanol–water partition coefficient (Wildman–Crippen LogP) is 3.47. The normalized spacial score (nSPS) is 19.0. The number of aromatic amines is 1. The van der Waals surface area contributed by atoms with E-state index in [0.29, 0.717) is 18.9 Å². The SMILES string of the molecule is CCC1CN(C(=O)CCC#N)CC=C1c1cc(NC(=O)C2CC2)nc2[nH]ccc12. The van der Waals surface area contributed by atoms with Gasteiger partial charge in [0.2, 0.25) is 11.8 Å². The minimum Gasteiger partial charge on any atom is -0.346 e. The standard InChI is InChI=1S/C22H25N5O2/c1-2-14-13-27(20(28)4-3-9-23)11-8-16(14)18-12-19(26-22(29)15-5-6-15)25-21-17(18)7-10-24-21/h7-8,10,12,14-15H,2-6,11,13H2,1H3,(H2,24,25,26,29). The van der Waals surface area contributed by atoms with E-state index in [4.69, 9.17) is 5.26 Å². The van der Waals surface area contributed by atoms with E-state index in [9.17, 15) is 9.59 Å². The van der Waals surface area contributed by atoms with Crippen LogP contribution in [0.5, 0.6) is 0 Å². The molecule has 2 aromatic rings. The van der Waals surface area contributed by atoms with Gasteiger partial charge in [0.15, 0.2) is 0 Å². The van der Waals surface area contributed by atoms with Gasteiger partial charge in [0, 0.05) is 49.4 Å². The molecule has 0 bridgehead atoms. The van der Waals surface area contributed by atoms with Gasteiger partial charge in [0.1, 0.15) is 11.5 Å². The summed E-state index contributed by atoms with van der Waals surface area (Å²) in [6, 6.07) is 6.00. The summed E-state index contributed by atoms with van der Waals surface area (Å²) in [5, 5.41) is 12.7. The van der Waals surface area contributed by atoms with Gasteiger partial charge in [-0.15, -0.1) is 0 Å². The first-order valence-corrected chi connectivity index (χ1v) is 10.2. The van der Waals surface area contributed by atoms with E-state index < -0.39 is 0 Å². The number of aromatic nitrogens is 2. The lowest BCUT2D eigenvalue weighted by atomic mass is 9.86. The molecular formula is C22H25N5O2. The molecule has 7 heteroatoms. The van der Waals surface area contributed by atoms with Crippen molar-refractivity contribution in [3.8, 4) is 6.07 Å². The van der Waals surface area contributed by atoms with Crippen LogP contribution in [-0.4, -0.2) is 39.8 Å². The molecule has 1 fully saturated rings. The highest BCUT2D eigenvalue weighted by Gasteiger charge is 2.31. The second kappa shape index (κ2) is 8.08. The number of amides is 2. The van der Waals surface area contributed by atoms with Crippen molar-refractivity contribution in [2.45, 2.75) is 39.0 Å². The number of nitrogens with zero attached hydrogens (tertiary/aromatic N) is 3. The Morgan fingerprint density at radius 1 is 1.41 bits per heavy atom. The van der Waals surface area contributed by atoms with Crippen molar-refractivity contribution in [1.29, 1.82) is 5.26 Å². The van der Waals surface area contributed by atoms with Crippen LogP contribution in [0.1, 0.15) is 44.6 Å². The highest BCUT2D eigenvalue weighted by Crippen LogP contribution is 2.36. The summed E-state index contributed by atoms with van der Waals surface area (Å²) in [5.74, 6) is 0.940. The van der Waals surface area contributed by atoms with E-state index in [-0.39, 0.29) is 36.5 Å². The van der Waals surface area contributed by atoms with Crippen LogP contribution in [-0.2, 0) is 9.59 Å². The molecule has 2 N–H and O–H groups in total. The lowest BCUT2D eigenvalue weighted by Crippen LogP contribution is -2.38.